The Balaban J connectivity index is 1.66. The van der Waals surface area contributed by atoms with Crippen LogP contribution in [-0.4, -0.2) is 42.0 Å². The zero-order valence-electron chi connectivity index (χ0n) is 15.9. The van der Waals surface area contributed by atoms with Crippen molar-refractivity contribution < 1.29 is 14.3 Å². The summed E-state index contributed by atoms with van der Waals surface area (Å²) < 4.78 is 5.60. The summed E-state index contributed by atoms with van der Waals surface area (Å²) in [5.41, 5.74) is 0.764. The Morgan fingerprint density at radius 1 is 1.32 bits per heavy atom. The minimum atomic E-state index is -0.790. The van der Waals surface area contributed by atoms with Crippen LogP contribution in [0.3, 0.4) is 0 Å². The number of hydrogen-bond donors (Lipinski definition) is 2. The van der Waals surface area contributed by atoms with Gasteiger partial charge in [0.2, 0.25) is 5.91 Å². The Morgan fingerprint density at radius 3 is 2.89 bits per heavy atom. The first-order chi connectivity index (χ1) is 13.4. The van der Waals surface area contributed by atoms with Crippen molar-refractivity contribution in [3.05, 3.63) is 48.3 Å². The summed E-state index contributed by atoms with van der Waals surface area (Å²) in [4.78, 5) is 30.8. The summed E-state index contributed by atoms with van der Waals surface area (Å²) in [6.45, 7) is 4.76. The van der Waals surface area contributed by atoms with Gasteiger partial charge in [0, 0.05) is 11.9 Å². The first-order valence-corrected chi connectivity index (χ1v) is 8.91. The van der Waals surface area contributed by atoms with E-state index in [9.17, 15) is 9.59 Å². The van der Waals surface area contributed by atoms with Crippen LogP contribution in [0.15, 0.2) is 42.6 Å². The van der Waals surface area contributed by atoms with Crippen LogP contribution in [0.4, 0.5) is 11.4 Å². The molecule has 28 heavy (non-hydrogen) atoms. The Hall–Kier alpha value is -3.53. The van der Waals surface area contributed by atoms with Gasteiger partial charge in [-0.1, -0.05) is 18.1 Å². The molecular weight excluding hydrogens is 356 g/mol. The molecule has 0 fully saturated rings. The van der Waals surface area contributed by atoms with Gasteiger partial charge in [-0.2, -0.15) is 0 Å². The topological polar surface area (TPSA) is 83.6 Å². The molecule has 1 aromatic heterocycles. The number of ether oxygens (including phenoxy) is 1. The number of fused-ring (bicyclic) bond motifs is 1. The van der Waals surface area contributed by atoms with Gasteiger partial charge in [-0.3, -0.25) is 14.6 Å². The van der Waals surface area contributed by atoms with Gasteiger partial charge in [0.15, 0.2) is 0 Å². The van der Waals surface area contributed by atoms with Gasteiger partial charge in [-0.25, -0.2) is 0 Å². The molecule has 2 N–H and O–H groups in total. The summed E-state index contributed by atoms with van der Waals surface area (Å²) in [5, 5.41) is 5.52. The Bertz CT molecular complexity index is 933. The number of carbonyl (C=O) groups is 2. The number of rotatable bonds is 5. The van der Waals surface area contributed by atoms with E-state index in [4.69, 9.17) is 11.2 Å². The molecule has 7 nitrogen and oxygen atoms in total. The second-order valence-electron chi connectivity index (χ2n) is 6.94. The third kappa shape index (κ3) is 4.60. The fourth-order valence-corrected chi connectivity index (χ4v) is 2.78. The maximum atomic E-state index is 12.5. The zero-order valence-corrected chi connectivity index (χ0v) is 15.9. The van der Waals surface area contributed by atoms with Gasteiger partial charge < -0.3 is 20.3 Å². The molecule has 1 aromatic carbocycles. The third-order valence-electron chi connectivity index (χ3n) is 4.22. The highest BCUT2D eigenvalue weighted by atomic mass is 16.5. The molecule has 2 heterocycles. The van der Waals surface area contributed by atoms with Crippen LogP contribution in [0.5, 0.6) is 5.75 Å². The first-order valence-electron chi connectivity index (χ1n) is 8.91. The van der Waals surface area contributed by atoms with E-state index in [1.54, 1.807) is 19.9 Å². The quantitative estimate of drug-likeness (QED) is 0.778. The number of aromatic nitrogens is 1. The number of nitrogens with zero attached hydrogens (tertiary/aromatic N) is 2. The maximum Gasteiger partial charge on any atom is 0.271 e. The van der Waals surface area contributed by atoms with Gasteiger partial charge >= 0.3 is 0 Å². The lowest BCUT2D eigenvalue weighted by atomic mass is 10.1. The third-order valence-corrected chi connectivity index (χ3v) is 4.22. The largest absolute Gasteiger partial charge is 0.490 e. The number of anilines is 2. The molecule has 3 rings (SSSR count). The molecule has 1 aliphatic rings. The lowest BCUT2D eigenvalue weighted by molar-refractivity contribution is -0.115. The molecule has 0 radical (unpaired) electrons. The zero-order chi connectivity index (χ0) is 20.1. The molecular formula is C21H22N4O3. The van der Waals surface area contributed by atoms with Gasteiger partial charge in [0.1, 0.15) is 18.1 Å². The number of carbonyl (C=O) groups excluding carboxylic acids is 2. The van der Waals surface area contributed by atoms with E-state index in [2.05, 4.69) is 21.5 Å². The molecule has 0 spiro atoms. The minimum Gasteiger partial charge on any atom is -0.490 e. The van der Waals surface area contributed by atoms with E-state index in [1.807, 2.05) is 29.2 Å². The van der Waals surface area contributed by atoms with Crippen LogP contribution in [-0.2, 0) is 4.79 Å². The fraction of sp³-hybridized carbons (Fsp3) is 0.286. The SMILES string of the molecule is C#CC(C)(C)NC(=O)c1cc(NC(=O)CN2CCOc3ccccc32)ccn1. The fourth-order valence-electron chi connectivity index (χ4n) is 2.78. The van der Waals surface area contributed by atoms with Crippen LogP contribution in [0.25, 0.3) is 0 Å². The Labute approximate surface area is 164 Å². The summed E-state index contributed by atoms with van der Waals surface area (Å²) in [6, 6.07) is 10.8. The van der Waals surface area contributed by atoms with Crippen molar-refractivity contribution in [3.63, 3.8) is 0 Å². The summed E-state index contributed by atoms with van der Waals surface area (Å²) in [7, 11) is 0. The molecule has 7 heteroatoms. The number of hydrogen-bond acceptors (Lipinski definition) is 5. The van der Waals surface area contributed by atoms with Crippen LogP contribution < -0.4 is 20.3 Å². The molecule has 0 atom stereocenters. The molecule has 0 aliphatic carbocycles. The molecule has 2 aromatic rings. The number of nitrogens with one attached hydrogen (secondary N) is 2. The second-order valence-corrected chi connectivity index (χ2v) is 6.94. The van der Waals surface area contributed by atoms with Crippen molar-refractivity contribution in [2.45, 2.75) is 19.4 Å². The number of pyridine rings is 1. The normalized spacial score (nSPS) is 13.0. The van der Waals surface area contributed by atoms with Gasteiger partial charge in [-0.15, -0.1) is 6.42 Å². The first kappa shape index (κ1) is 19.2. The van der Waals surface area contributed by atoms with E-state index in [1.165, 1.54) is 12.3 Å². The number of para-hydroxylation sites is 2. The monoisotopic (exact) mass is 378 g/mol. The van der Waals surface area contributed by atoms with Crippen molar-refractivity contribution in [1.29, 1.82) is 0 Å². The smallest absolute Gasteiger partial charge is 0.271 e. The Morgan fingerprint density at radius 2 is 2.11 bits per heavy atom. The van der Waals surface area contributed by atoms with Gasteiger partial charge in [0.25, 0.3) is 5.91 Å². The van der Waals surface area contributed by atoms with Crippen LogP contribution in [0.2, 0.25) is 0 Å². The number of terminal acetylenes is 1. The molecule has 2 amide bonds. The van der Waals surface area contributed by atoms with Crippen LogP contribution >= 0.6 is 0 Å². The van der Waals surface area contributed by atoms with E-state index in [-0.39, 0.29) is 18.1 Å². The second kappa shape index (κ2) is 8.01. The number of benzene rings is 1. The summed E-state index contributed by atoms with van der Waals surface area (Å²) >= 11 is 0. The van der Waals surface area contributed by atoms with Gasteiger partial charge in [-0.05, 0) is 38.1 Å². The van der Waals surface area contributed by atoms with Crippen molar-refractivity contribution in [3.8, 4) is 18.1 Å². The van der Waals surface area contributed by atoms with Crippen molar-refractivity contribution in [2.24, 2.45) is 0 Å². The van der Waals surface area contributed by atoms with Crippen molar-refractivity contribution in [1.82, 2.24) is 10.3 Å². The predicted octanol–water partition coefficient (Wildman–Crippen LogP) is 2.06. The molecule has 0 saturated carbocycles. The average molecular weight is 378 g/mol. The van der Waals surface area contributed by atoms with Crippen molar-refractivity contribution >= 4 is 23.2 Å². The summed E-state index contributed by atoms with van der Waals surface area (Å²) in [6.07, 6.45) is 6.87. The summed E-state index contributed by atoms with van der Waals surface area (Å²) in [5.74, 6) is 2.66. The molecule has 144 valence electrons. The van der Waals surface area contributed by atoms with Gasteiger partial charge in [0.05, 0.1) is 24.3 Å². The van der Waals surface area contributed by atoms with Crippen molar-refractivity contribution in [2.75, 3.05) is 29.9 Å². The van der Waals surface area contributed by atoms with Crippen LogP contribution in [0, 0.1) is 12.3 Å². The highest BCUT2D eigenvalue weighted by molar-refractivity contribution is 5.97. The lowest BCUT2D eigenvalue weighted by Crippen LogP contribution is -2.42. The molecule has 0 saturated heterocycles. The predicted molar refractivity (Wildman–Crippen MR) is 107 cm³/mol. The average Bonchev–Trinajstić information content (AvgIpc) is 2.68. The number of amides is 2. The molecule has 0 unspecified atom stereocenters. The highest BCUT2D eigenvalue weighted by Gasteiger charge is 2.21. The van der Waals surface area contributed by atoms with E-state index in [0.717, 1.165) is 11.4 Å². The maximum absolute atomic E-state index is 12.5. The molecule has 0 bridgehead atoms. The molecule has 1 aliphatic heterocycles. The highest BCUT2D eigenvalue weighted by Crippen LogP contribution is 2.30. The van der Waals surface area contributed by atoms with E-state index < -0.39 is 11.4 Å². The van der Waals surface area contributed by atoms with Crippen LogP contribution in [0.1, 0.15) is 24.3 Å². The standard InChI is InChI=1S/C21H22N4O3/c1-4-21(2,3)24-20(27)16-13-15(9-10-22-16)23-19(26)14-25-11-12-28-18-8-6-5-7-17(18)25/h1,5-10,13H,11-12,14H2,2-3H3,(H,24,27)(H,22,23,26). The van der Waals surface area contributed by atoms with E-state index in [0.29, 0.717) is 18.8 Å². The Kier molecular flexibility index (Phi) is 5.50. The lowest BCUT2D eigenvalue weighted by Gasteiger charge is -2.30. The van der Waals surface area contributed by atoms with E-state index >= 15 is 0 Å². The minimum absolute atomic E-state index is 0.175.